The van der Waals surface area contributed by atoms with Gasteiger partial charge in [0.25, 0.3) is 5.69 Å². The molecule has 20 heavy (non-hydrogen) atoms. The van der Waals surface area contributed by atoms with Crippen molar-refractivity contribution in [2.24, 2.45) is 5.73 Å². The molecular weight excluding hydrogens is 306 g/mol. The van der Waals surface area contributed by atoms with E-state index in [-0.39, 0.29) is 22.5 Å². The zero-order valence-electron chi connectivity index (χ0n) is 10.5. The number of rotatable bonds is 3. The Morgan fingerprint density at radius 3 is 2.75 bits per heavy atom. The SMILES string of the molecule is N[C@@H]1CCCN(S(=O)(=O)c2ccc(Cl)c([N+](=O)[O-])c2)C1. The maximum Gasteiger partial charge on any atom is 0.289 e. The number of hydrogen-bond donors (Lipinski definition) is 1. The van der Waals surface area contributed by atoms with Crippen LogP contribution < -0.4 is 5.73 Å². The summed E-state index contributed by atoms with van der Waals surface area (Å²) in [6.07, 6.45) is 1.45. The van der Waals surface area contributed by atoms with Crippen LogP contribution in [-0.4, -0.2) is 36.8 Å². The first-order valence-corrected chi connectivity index (χ1v) is 7.84. The molecule has 0 saturated carbocycles. The van der Waals surface area contributed by atoms with Crippen molar-refractivity contribution in [3.63, 3.8) is 0 Å². The summed E-state index contributed by atoms with van der Waals surface area (Å²) in [5.74, 6) is 0. The zero-order chi connectivity index (χ0) is 14.9. The number of sulfonamides is 1. The highest BCUT2D eigenvalue weighted by atomic mass is 35.5. The molecule has 0 unspecified atom stereocenters. The van der Waals surface area contributed by atoms with Gasteiger partial charge in [-0.3, -0.25) is 10.1 Å². The molecule has 0 aliphatic carbocycles. The summed E-state index contributed by atoms with van der Waals surface area (Å²) in [7, 11) is -3.78. The Morgan fingerprint density at radius 1 is 1.45 bits per heavy atom. The molecule has 2 rings (SSSR count). The number of benzene rings is 1. The second-order valence-corrected chi connectivity index (χ2v) is 6.98. The van der Waals surface area contributed by atoms with Gasteiger partial charge in [-0.2, -0.15) is 4.31 Å². The second kappa shape index (κ2) is 5.65. The van der Waals surface area contributed by atoms with E-state index in [1.165, 1.54) is 16.4 Å². The predicted molar refractivity (Wildman–Crippen MR) is 74.1 cm³/mol. The van der Waals surface area contributed by atoms with Crippen LogP contribution in [0.15, 0.2) is 23.1 Å². The number of piperidine rings is 1. The number of nitrogens with two attached hydrogens (primary N) is 1. The standard InChI is InChI=1S/C11H14ClN3O4S/c12-10-4-3-9(6-11(10)15(16)17)20(18,19)14-5-1-2-8(13)7-14/h3-4,6,8H,1-2,5,7,13H2/t8-/m1/s1. The fourth-order valence-corrected chi connectivity index (χ4v) is 3.88. The maximum absolute atomic E-state index is 12.4. The van der Waals surface area contributed by atoms with Gasteiger partial charge in [0, 0.05) is 25.2 Å². The Labute approximate surface area is 121 Å². The van der Waals surface area contributed by atoms with Crippen LogP contribution in [0.3, 0.4) is 0 Å². The molecule has 7 nitrogen and oxygen atoms in total. The monoisotopic (exact) mass is 319 g/mol. The number of nitrogens with zero attached hydrogens (tertiary/aromatic N) is 2. The molecule has 2 N–H and O–H groups in total. The molecule has 0 bridgehead atoms. The van der Waals surface area contributed by atoms with E-state index >= 15 is 0 Å². The highest BCUT2D eigenvalue weighted by molar-refractivity contribution is 7.89. The summed E-state index contributed by atoms with van der Waals surface area (Å²) in [6, 6.07) is 3.26. The molecule has 9 heteroatoms. The van der Waals surface area contributed by atoms with Crippen molar-refractivity contribution in [3.8, 4) is 0 Å². The molecule has 1 aromatic rings. The number of nitro benzene ring substituents is 1. The topological polar surface area (TPSA) is 107 Å². The lowest BCUT2D eigenvalue weighted by Gasteiger charge is -2.29. The van der Waals surface area contributed by atoms with E-state index in [9.17, 15) is 18.5 Å². The molecule has 0 radical (unpaired) electrons. The highest BCUT2D eigenvalue weighted by Crippen LogP contribution is 2.29. The average molecular weight is 320 g/mol. The van der Waals surface area contributed by atoms with Crippen molar-refractivity contribution in [3.05, 3.63) is 33.3 Å². The summed E-state index contributed by atoms with van der Waals surface area (Å²) >= 11 is 5.68. The minimum Gasteiger partial charge on any atom is -0.327 e. The minimum atomic E-state index is -3.78. The van der Waals surface area contributed by atoms with Crippen LogP contribution in [0.2, 0.25) is 5.02 Å². The van der Waals surface area contributed by atoms with Crippen LogP contribution in [0.1, 0.15) is 12.8 Å². The number of nitro groups is 1. The predicted octanol–water partition coefficient (Wildman–Crippen LogP) is 1.36. The molecule has 110 valence electrons. The van der Waals surface area contributed by atoms with Crippen LogP contribution in [0, 0.1) is 10.1 Å². The summed E-state index contributed by atoms with van der Waals surface area (Å²) in [5.41, 5.74) is 5.34. The minimum absolute atomic E-state index is 0.0932. The van der Waals surface area contributed by atoms with Crippen LogP contribution in [0.25, 0.3) is 0 Å². The summed E-state index contributed by atoms with van der Waals surface area (Å²) in [4.78, 5) is 9.98. The van der Waals surface area contributed by atoms with E-state index < -0.39 is 20.6 Å². The van der Waals surface area contributed by atoms with Crippen LogP contribution >= 0.6 is 11.6 Å². The normalized spacial score (nSPS) is 20.8. The number of halogens is 1. The summed E-state index contributed by atoms with van der Waals surface area (Å²) in [6.45, 7) is 0.589. The first-order valence-electron chi connectivity index (χ1n) is 6.02. The van der Waals surface area contributed by atoms with E-state index in [1.807, 2.05) is 0 Å². The van der Waals surface area contributed by atoms with E-state index in [2.05, 4.69) is 0 Å². The van der Waals surface area contributed by atoms with E-state index in [0.717, 1.165) is 12.5 Å². The summed E-state index contributed by atoms with van der Waals surface area (Å²) < 4.78 is 26.1. The van der Waals surface area contributed by atoms with Gasteiger partial charge in [-0.15, -0.1) is 0 Å². The Hall–Kier alpha value is -1.22. The van der Waals surface area contributed by atoms with Crippen LogP contribution in [0.4, 0.5) is 5.69 Å². The van der Waals surface area contributed by atoms with Gasteiger partial charge in [0.15, 0.2) is 0 Å². The second-order valence-electron chi connectivity index (χ2n) is 4.64. The molecule has 0 spiro atoms. The Bertz CT molecular complexity index is 635. The lowest BCUT2D eigenvalue weighted by molar-refractivity contribution is -0.384. The fraction of sp³-hybridized carbons (Fsp3) is 0.455. The molecule has 0 aromatic heterocycles. The van der Waals surface area contributed by atoms with Gasteiger partial charge in [0.2, 0.25) is 10.0 Å². The Morgan fingerprint density at radius 2 is 2.15 bits per heavy atom. The molecule has 1 fully saturated rings. The van der Waals surface area contributed by atoms with E-state index in [4.69, 9.17) is 17.3 Å². The van der Waals surface area contributed by atoms with Crippen molar-refractivity contribution in [2.45, 2.75) is 23.8 Å². The van der Waals surface area contributed by atoms with Crippen LogP contribution in [0.5, 0.6) is 0 Å². The summed E-state index contributed by atoms with van der Waals surface area (Å²) in [5, 5.41) is 10.7. The van der Waals surface area contributed by atoms with E-state index in [1.54, 1.807) is 0 Å². The van der Waals surface area contributed by atoms with Gasteiger partial charge in [0.1, 0.15) is 5.02 Å². The maximum atomic E-state index is 12.4. The van der Waals surface area contributed by atoms with Gasteiger partial charge in [-0.05, 0) is 25.0 Å². The molecular formula is C11H14ClN3O4S. The zero-order valence-corrected chi connectivity index (χ0v) is 12.1. The lowest BCUT2D eigenvalue weighted by Crippen LogP contribution is -2.45. The third-order valence-corrected chi connectivity index (χ3v) is 5.35. The average Bonchev–Trinajstić information content (AvgIpc) is 2.38. The molecule has 1 aliphatic heterocycles. The lowest BCUT2D eigenvalue weighted by atomic mass is 10.1. The Kier molecular flexibility index (Phi) is 4.28. The van der Waals surface area contributed by atoms with Crippen LogP contribution in [-0.2, 0) is 10.0 Å². The third kappa shape index (κ3) is 2.93. The molecule has 1 aliphatic rings. The van der Waals surface area contributed by atoms with Gasteiger partial charge >= 0.3 is 0 Å². The Balaban J connectivity index is 2.39. The van der Waals surface area contributed by atoms with Gasteiger partial charge in [0.05, 0.1) is 9.82 Å². The molecule has 1 heterocycles. The fourth-order valence-electron chi connectivity index (χ4n) is 2.13. The van der Waals surface area contributed by atoms with Crippen molar-refractivity contribution in [2.75, 3.05) is 13.1 Å². The van der Waals surface area contributed by atoms with Gasteiger partial charge < -0.3 is 5.73 Å². The number of hydrogen-bond acceptors (Lipinski definition) is 5. The third-order valence-electron chi connectivity index (χ3n) is 3.17. The van der Waals surface area contributed by atoms with Gasteiger partial charge in [-0.1, -0.05) is 11.6 Å². The molecule has 0 amide bonds. The molecule has 1 aromatic carbocycles. The van der Waals surface area contributed by atoms with Crippen molar-refractivity contribution in [1.29, 1.82) is 0 Å². The first kappa shape index (κ1) is 15.2. The smallest absolute Gasteiger partial charge is 0.289 e. The van der Waals surface area contributed by atoms with Crippen molar-refractivity contribution < 1.29 is 13.3 Å². The van der Waals surface area contributed by atoms with Crippen molar-refractivity contribution in [1.82, 2.24) is 4.31 Å². The highest BCUT2D eigenvalue weighted by Gasteiger charge is 2.30. The quantitative estimate of drug-likeness (QED) is 0.668. The van der Waals surface area contributed by atoms with Crippen molar-refractivity contribution >= 4 is 27.3 Å². The first-order chi connectivity index (χ1) is 9.32. The molecule has 1 saturated heterocycles. The largest absolute Gasteiger partial charge is 0.327 e. The van der Waals surface area contributed by atoms with Gasteiger partial charge in [-0.25, -0.2) is 8.42 Å². The molecule has 1 atom stereocenters. The van der Waals surface area contributed by atoms with E-state index in [0.29, 0.717) is 13.0 Å².